The Hall–Kier alpha value is -0.780. The van der Waals surface area contributed by atoms with Gasteiger partial charge >= 0.3 is 0 Å². The van der Waals surface area contributed by atoms with Gasteiger partial charge in [-0.05, 0) is 6.92 Å². The van der Waals surface area contributed by atoms with Crippen molar-refractivity contribution in [3.63, 3.8) is 0 Å². The Balaban J connectivity index is 2.89. The van der Waals surface area contributed by atoms with Crippen molar-refractivity contribution in [1.29, 1.82) is 0 Å². The summed E-state index contributed by atoms with van der Waals surface area (Å²) < 4.78 is 10.1. The molecule has 0 spiro atoms. The van der Waals surface area contributed by atoms with Crippen molar-refractivity contribution < 1.29 is 24.8 Å². The molecule has 0 saturated carbocycles. The predicted octanol–water partition coefficient (Wildman–Crippen LogP) is 0.109. The van der Waals surface area contributed by atoms with Crippen molar-refractivity contribution in [2.75, 3.05) is 13.7 Å². The minimum Gasteiger partial charge on any atom is -0.506 e. The van der Waals surface area contributed by atoms with Gasteiger partial charge in [0.25, 0.3) is 0 Å². The molecule has 3 atom stereocenters. The van der Waals surface area contributed by atoms with Crippen LogP contribution in [0.25, 0.3) is 0 Å². The smallest absolute Gasteiger partial charge is 0.164 e. The van der Waals surface area contributed by atoms with Crippen LogP contribution in [0.2, 0.25) is 0 Å². The van der Waals surface area contributed by atoms with Gasteiger partial charge in [0.15, 0.2) is 11.5 Å². The van der Waals surface area contributed by atoms with Crippen LogP contribution in [0, 0.1) is 0 Å². The molecule has 0 amide bonds. The Bertz CT molecular complexity index is 213. The van der Waals surface area contributed by atoms with Crippen LogP contribution in [0.1, 0.15) is 6.92 Å². The van der Waals surface area contributed by atoms with E-state index < -0.39 is 18.3 Å². The van der Waals surface area contributed by atoms with Gasteiger partial charge in [0.05, 0.1) is 6.61 Å². The summed E-state index contributed by atoms with van der Waals surface area (Å²) in [5, 5.41) is 27.6. The molecule has 13 heavy (non-hydrogen) atoms. The maximum Gasteiger partial charge on any atom is 0.164 e. The summed E-state index contributed by atoms with van der Waals surface area (Å²) in [6, 6.07) is 0. The minimum absolute atomic E-state index is 0.239. The van der Waals surface area contributed by atoms with Crippen LogP contribution in [-0.2, 0) is 9.47 Å². The average molecular weight is 190 g/mol. The Morgan fingerprint density at radius 2 is 2.00 bits per heavy atom. The third-order valence-electron chi connectivity index (χ3n) is 2.07. The topological polar surface area (TPSA) is 79.2 Å². The predicted molar refractivity (Wildman–Crippen MR) is 44.5 cm³/mol. The van der Waals surface area contributed by atoms with Crippen LogP contribution < -0.4 is 0 Å². The van der Waals surface area contributed by atoms with Crippen LogP contribution in [0.4, 0.5) is 0 Å². The standard InChI is InChI=1S/C8H14O5/c1-4-6(10)7(11)8(12-2)5(3-9)13-4/h4-5,8-11H,3H2,1-2H3/t4-,5?,8+/m0/s1. The minimum atomic E-state index is -0.791. The first-order valence-corrected chi connectivity index (χ1v) is 4.03. The quantitative estimate of drug-likeness (QED) is 0.576. The molecule has 1 heterocycles. The Labute approximate surface area is 76.2 Å². The van der Waals surface area contributed by atoms with E-state index in [1.165, 1.54) is 7.11 Å². The molecular weight excluding hydrogens is 176 g/mol. The monoisotopic (exact) mass is 190 g/mol. The van der Waals surface area contributed by atoms with Crippen LogP contribution >= 0.6 is 0 Å². The summed E-state index contributed by atoms with van der Waals surface area (Å²) in [5.74, 6) is -0.503. The SMILES string of the molecule is CO[C@H]1C(O)=C(O)[C@H](C)OC1CO. The molecule has 0 bridgehead atoms. The third kappa shape index (κ3) is 1.77. The van der Waals surface area contributed by atoms with Crippen LogP contribution in [0.3, 0.4) is 0 Å². The van der Waals surface area contributed by atoms with Gasteiger partial charge in [-0.1, -0.05) is 0 Å². The highest BCUT2D eigenvalue weighted by molar-refractivity contribution is 5.13. The Morgan fingerprint density at radius 3 is 2.46 bits per heavy atom. The number of methoxy groups -OCH3 is 1. The van der Waals surface area contributed by atoms with Gasteiger partial charge in [0.2, 0.25) is 0 Å². The van der Waals surface area contributed by atoms with E-state index in [4.69, 9.17) is 14.6 Å². The summed E-state index contributed by atoms with van der Waals surface area (Å²) >= 11 is 0. The zero-order chi connectivity index (χ0) is 10.0. The highest BCUT2D eigenvalue weighted by atomic mass is 16.6. The van der Waals surface area contributed by atoms with Crippen molar-refractivity contribution in [2.24, 2.45) is 0 Å². The molecular formula is C8H14O5. The van der Waals surface area contributed by atoms with E-state index in [0.29, 0.717) is 0 Å². The van der Waals surface area contributed by atoms with E-state index in [9.17, 15) is 10.2 Å². The molecule has 0 radical (unpaired) electrons. The lowest BCUT2D eigenvalue weighted by Gasteiger charge is -2.32. The van der Waals surface area contributed by atoms with Gasteiger partial charge in [-0.25, -0.2) is 0 Å². The van der Waals surface area contributed by atoms with Crippen molar-refractivity contribution in [1.82, 2.24) is 0 Å². The van der Waals surface area contributed by atoms with E-state index >= 15 is 0 Å². The number of rotatable bonds is 2. The Kier molecular flexibility index (Phi) is 3.13. The molecule has 1 rings (SSSR count). The van der Waals surface area contributed by atoms with Gasteiger partial charge in [-0.3, -0.25) is 0 Å². The molecule has 1 aliphatic rings. The molecule has 5 heteroatoms. The van der Waals surface area contributed by atoms with E-state index in [1.54, 1.807) is 6.92 Å². The fraction of sp³-hybridized carbons (Fsp3) is 0.750. The Morgan fingerprint density at radius 1 is 1.38 bits per heavy atom. The van der Waals surface area contributed by atoms with Gasteiger partial charge in [-0.15, -0.1) is 0 Å². The maximum atomic E-state index is 9.42. The summed E-state index contributed by atoms with van der Waals surface area (Å²) in [4.78, 5) is 0. The number of ether oxygens (including phenoxy) is 2. The first-order valence-electron chi connectivity index (χ1n) is 4.03. The average Bonchev–Trinajstić information content (AvgIpc) is 2.13. The summed E-state index contributed by atoms with van der Waals surface area (Å²) in [7, 11) is 1.37. The molecule has 5 nitrogen and oxygen atoms in total. The lowest BCUT2D eigenvalue weighted by atomic mass is 10.1. The third-order valence-corrected chi connectivity index (χ3v) is 2.07. The molecule has 0 aliphatic carbocycles. The first-order chi connectivity index (χ1) is 6.11. The zero-order valence-corrected chi connectivity index (χ0v) is 7.60. The molecule has 3 N–H and O–H groups in total. The molecule has 76 valence electrons. The summed E-state index contributed by atoms with van der Waals surface area (Å²) in [6.07, 6.45) is -2.03. The van der Waals surface area contributed by atoms with Gasteiger partial charge < -0.3 is 24.8 Å². The fourth-order valence-corrected chi connectivity index (χ4v) is 1.33. The second-order valence-electron chi connectivity index (χ2n) is 2.93. The highest BCUT2D eigenvalue weighted by Gasteiger charge is 2.36. The van der Waals surface area contributed by atoms with E-state index in [-0.39, 0.29) is 18.1 Å². The van der Waals surface area contributed by atoms with Crippen LogP contribution in [-0.4, -0.2) is 47.3 Å². The largest absolute Gasteiger partial charge is 0.506 e. The normalized spacial score (nSPS) is 35.2. The van der Waals surface area contributed by atoms with Crippen molar-refractivity contribution >= 4 is 0 Å². The van der Waals surface area contributed by atoms with Crippen molar-refractivity contribution in [2.45, 2.75) is 25.2 Å². The first kappa shape index (κ1) is 10.3. The molecule has 0 aromatic heterocycles. The van der Waals surface area contributed by atoms with E-state index in [0.717, 1.165) is 0 Å². The number of hydrogen-bond donors (Lipinski definition) is 3. The van der Waals surface area contributed by atoms with Gasteiger partial charge in [0.1, 0.15) is 18.3 Å². The fourth-order valence-electron chi connectivity index (χ4n) is 1.33. The molecule has 1 aliphatic heterocycles. The molecule has 0 aromatic rings. The molecule has 0 saturated heterocycles. The molecule has 0 aromatic carbocycles. The second kappa shape index (κ2) is 3.95. The lowest BCUT2D eigenvalue weighted by Crippen LogP contribution is -2.43. The summed E-state index contributed by atoms with van der Waals surface area (Å²) in [6.45, 7) is 1.32. The van der Waals surface area contributed by atoms with Crippen molar-refractivity contribution in [3.05, 3.63) is 11.5 Å². The van der Waals surface area contributed by atoms with Crippen molar-refractivity contribution in [3.8, 4) is 0 Å². The number of aliphatic hydroxyl groups excluding tert-OH is 3. The lowest BCUT2D eigenvalue weighted by molar-refractivity contribution is -0.122. The van der Waals surface area contributed by atoms with E-state index in [2.05, 4.69) is 0 Å². The summed E-state index contributed by atoms with van der Waals surface area (Å²) in [5.41, 5.74) is 0. The van der Waals surface area contributed by atoms with Gasteiger partial charge in [0, 0.05) is 7.11 Å². The molecule has 1 unspecified atom stereocenters. The number of hydrogen-bond acceptors (Lipinski definition) is 5. The van der Waals surface area contributed by atoms with Gasteiger partial charge in [-0.2, -0.15) is 0 Å². The van der Waals surface area contributed by atoms with Crippen LogP contribution in [0.5, 0.6) is 0 Å². The highest BCUT2D eigenvalue weighted by Crippen LogP contribution is 2.24. The molecule has 0 fully saturated rings. The van der Waals surface area contributed by atoms with E-state index in [1.807, 2.05) is 0 Å². The maximum absolute atomic E-state index is 9.42. The number of aliphatic hydroxyl groups is 3. The van der Waals surface area contributed by atoms with Crippen LogP contribution in [0.15, 0.2) is 11.5 Å². The zero-order valence-electron chi connectivity index (χ0n) is 7.60. The second-order valence-corrected chi connectivity index (χ2v) is 2.93.